The molecule has 1 saturated carbocycles. The van der Waals surface area contributed by atoms with Crippen LogP contribution < -0.4 is 20.7 Å². The summed E-state index contributed by atoms with van der Waals surface area (Å²) in [5.41, 5.74) is 2.21. The van der Waals surface area contributed by atoms with E-state index in [1.54, 1.807) is 0 Å². The molecule has 4 N–H and O–H groups in total. The lowest BCUT2D eigenvalue weighted by molar-refractivity contribution is -0.145. The van der Waals surface area contributed by atoms with Crippen LogP contribution in [0.1, 0.15) is 50.2 Å². The molecule has 1 fully saturated rings. The van der Waals surface area contributed by atoms with Gasteiger partial charge in [0, 0.05) is 25.7 Å². The molecule has 9 nitrogen and oxygen atoms in total. The molecule has 3 amide bonds. The number of aliphatic hydroxyl groups is 1. The van der Waals surface area contributed by atoms with Crippen molar-refractivity contribution in [3.8, 4) is 5.75 Å². The fraction of sp³-hybridized carbons (Fsp3) is 0.485. The van der Waals surface area contributed by atoms with Crippen molar-refractivity contribution in [1.82, 2.24) is 20.9 Å². The summed E-state index contributed by atoms with van der Waals surface area (Å²) in [6.45, 7) is 4.41. The average molecular weight is 579 g/mol. The molecule has 0 bridgehead atoms. The molecule has 1 heterocycles. The number of carbonyl (C=O) groups is 3. The third-order valence-electron chi connectivity index (χ3n) is 7.60. The van der Waals surface area contributed by atoms with Crippen molar-refractivity contribution in [3.05, 3.63) is 71.8 Å². The Labute approximate surface area is 249 Å². The van der Waals surface area contributed by atoms with E-state index in [1.165, 1.54) is 24.4 Å². The van der Waals surface area contributed by atoms with Crippen molar-refractivity contribution in [3.63, 3.8) is 0 Å². The average Bonchev–Trinajstić information content (AvgIpc) is 2.99. The molecule has 2 aromatic carbocycles. The third kappa shape index (κ3) is 10.3. The van der Waals surface area contributed by atoms with Crippen molar-refractivity contribution in [2.45, 2.75) is 64.1 Å². The number of ether oxygens (including phenoxy) is 1. The van der Waals surface area contributed by atoms with E-state index >= 15 is 0 Å². The lowest BCUT2D eigenvalue weighted by Crippen LogP contribution is -2.59. The Bertz CT molecular complexity index is 1160. The van der Waals surface area contributed by atoms with Gasteiger partial charge in [0.1, 0.15) is 18.4 Å². The van der Waals surface area contributed by atoms with E-state index in [2.05, 4.69) is 35.0 Å². The number of amides is 3. The van der Waals surface area contributed by atoms with Gasteiger partial charge in [0.05, 0.1) is 18.7 Å². The number of fused-ring (bicyclic) bond motifs is 1. The van der Waals surface area contributed by atoms with Gasteiger partial charge in [0.2, 0.25) is 17.7 Å². The summed E-state index contributed by atoms with van der Waals surface area (Å²) in [4.78, 5) is 40.0. The van der Waals surface area contributed by atoms with Crippen LogP contribution in [0.5, 0.6) is 5.75 Å². The Kier molecular flexibility index (Phi) is 13.5. The first-order valence-corrected chi connectivity index (χ1v) is 14.9. The number of carbonyl (C=O) groups excluding carboxylic acids is 3. The number of aryl methyl sites for hydroxylation is 1. The smallest absolute Gasteiger partial charge is 0.245 e. The minimum atomic E-state index is -1.11. The molecule has 42 heavy (non-hydrogen) atoms. The van der Waals surface area contributed by atoms with Crippen LogP contribution in [0.15, 0.2) is 60.7 Å². The largest absolute Gasteiger partial charge is 0.492 e. The van der Waals surface area contributed by atoms with Gasteiger partial charge in [0.25, 0.3) is 0 Å². The predicted molar refractivity (Wildman–Crippen MR) is 165 cm³/mol. The van der Waals surface area contributed by atoms with Gasteiger partial charge in [-0.05, 0) is 38.7 Å². The van der Waals surface area contributed by atoms with Crippen LogP contribution in [0.25, 0.3) is 6.08 Å². The van der Waals surface area contributed by atoms with Crippen LogP contribution in [-0.4, -0.2) is 79.2 Å². The zero-order valence-electron chi connectivity index (χ0n) is 25.1. The van der Waals surface area contributed by atoms with Gasteiger partial charge in [-0.3, -0.25) is 14.4 Å². The zero-order chi connectivity index (χ0) is 30.3. The molecule has 0 spiro atoms. The number of hydrogen-bond acceptors (Lipinski definition) is 6. The number of nitrogens with zero attached hydrogens (tertiary/aromatic N) is 1. The molecule has 0 aromatic heterocycles. The Balaban J connectivity index is 0.000000603. The van der Waals surface area contributed by atoms with E-state index in [1.807, 2.05) is 54.6 Å². The van der Waals surface area contributed by atoms with Crippen molar-refractivity contribution in [2.75, 3.05) is 33.3 Å². The van der Waals surface area contributed by atoms with Gasteiger partial charge in [-0.2, -0.15) is 0 Å². The maximum absolute atomic E-state index is 13.6. The van der Waals surface area contributed by atoms with Gasteiger partial charge < -0.3 is 30.7 Å². The number of benzene rings is 2. The molecule has 1 aliphatic heterocycles. The summed E-state index contributed by atoms with van der Waals surface area (Å²) in [6.07, 6.45) is 7.71. The van der Waals surface area contributed by atoms with Crippen LogP contribution >= 0.6 is 0 Å². The normalized spacial score (nSPS) is 23.0. The van der Waals surface area contributed by atoms with Crippen molar-refractivity contribution >= 4 is 23.8 Å². The van der Waals surface area contributed by atoms with Gasteiger partial charge >= 0.3 is 0 Å². The lowest BCUT2D eigenvalue weighted by atomic mass is 9.83. The summed E-state index contributed by atoms with van der Waals surface area (Å²) in [6, 6.07) is 16.3. The maximum Gasteiger partial charge on any atom is 0.245 e. The fourth-order valence-electron chi connectivity index (χ4n) is 5.35. The molecular formula is C33H46N4O5. The highest BCUT2D eigenvalue weighted by Crippen LogP contribution is 2.28. The summed E-state index contributed by atoms with van der Waals surface area (Å²) in [5.74, 6) is -0.317. The van der Waals surface area contributed by atoms with Crippen molar-refractivity contribution < 1.29 is 24.2 Å². The van der Waals surface area contributed by atoms with Gasteiger partial charge in [-0.15, -0.1) is 0 Å². The lowest BCUT2D eigenvalue weighted by Gasteiger charge is -2.36. The minimum absolute atomic E-state index is 0.142. The second-order valence-corrected chi connectivity index (χ2v) is 10.9. The highest BCUT2D eigenvalue weighted by atomic mass is 16.5. The SMILES string of the molecule is CC(O)C1C(=O)NCC(=O)NC/C=C/c2ccccc2OCCNC(C2CCCCC2)C(=O)N1C.Cc1ccccc1. The molecule has 2 aromatic rings. The number of nitrogens with one attached hydrogen (secondary N) is 3. The van der Waals surface area contributed by atoms with Gasteiger partial charge in [0.15, 0.2) is 0 Å². The molecule has 1 aliphatic carbocycles. The Morgan fingerprint density at radius 2 is 1.64 bits per heavy atom. The topological polar surface area (TPSA) is 120 Å². The number of para-hydroxylation sites is 1. The van der Waals surface area contributed by atoms with E-state index in [-0.39, 0.29) is 30.8 Å². The number of rotatable bonds is 2. The van der Waals surface area contributed by atoms with Crippen LogP contribution in [0.3, 0.4) is 0 Å². The molecular weight excluding hydrogens is 532 g/mol. The number of hydrogen-bond donors (Lipinski definition) is 4. The van der Waals surface area contributed by atoms with E-state index in [4.69, 9.17) is 4.74 Å². The van der Waals surface area contributed by atoms with Gasteiger partial charge in [-0.25, -0.2) is 0 Å². The van der Waals surface area contributed by atoms with Crippen LogP contribution in [-0.2, 0) is 14.4 Å². The van der Waals surface area contributed by atoms with E-state index in [0.29, 0.717) is 13.2 Å². The summed E-state index contributed by atoms with van der Waals surface area (Å²) in [7, 11) is 1.53. The Hall–Kier alpha value is -3.69. The van der Waals surface area contributed by atoms with E-state index in [0.717, 1.165) is 43.4 Å². The van der Waals surface area contributed by atoms with Gasteiger partial charge in [-0.1, -0.05) is 85.5 Å². The molecule has 0 saturated heterocycles. The highest BCUT2D eigenvalue weighted by Gasteiger charge is 2.37. The second-order valence-electron chi connectivity index (χ2n) is 10.9. The summed E-state index contributed by atoms with van der Waals surface area (Å²) in [5, 5.41) is 19.0. The highest BCUT2D eigenvalue weighted by molar-refractivity contribution is 5.92. The fourth-order valence-corrected chi connectivity index (χ4v) is 5.35. The third-order valence-corrected chi connectivity index (χ3v) is 7.60. The Morgan fingerprint density at radius 1 is 0.952 bits per heavy atom. The van der Waals surface area contributed by atoms with E-state index in [9.17, 15) is 19.5 Å². The monoisotopic (exact) mass is 578 g/mol. The molecule has 2 aliphatic rings. The van der Waals surface area contributed by atoms with E-state index < -0.39 is 24.1 Å². The summed E-state index contributed by atoms with van der Waals surface area (Å²) >= 11 is 0. The predicted octanol–water partition coefficient (Wildman–Crippen LogP) is 3.07. The Morgan fingerprint density at radius 3 is 2.31 bits per heavy atom. The van der Waals surface area contributed by atoms with Crippen LogP contribution in [0.4, 0.5) is 0 Å². The number of aliphatic hydroxyl groups excluding tert-OH is 1. The minimum Gasteiger partial charge on any atom is -0.492 e. The second kappa shape index (κ2) is 17.3. The molecule has 4 rings (SSSR count). The standard InChI is InChI=1S/C26H38N4O5.C7H8/c1-18(31)24-25(33)29-17-22(32)27-14-8-12-19-9-6-7-13-21(19)35-16-15-28-23(26(34)30(24)2)20-10-4-3-5-11-20;1-7-5-3-2-4-6-7/h6-9,12-13,18,20,23-24,28,31H,3-5,10-11,14-17H2,1-2H3,(H,27,32)(H,29,33);2-6H,1H3/b12-8+;. The molecule has 0 radical (unpaired) electrons. The van der Waals surface area contributed by atoms with Crippen LogP contribution in [0.2, 0.25) is 0 Å². The molecule has 3 atom stereocenters. The first-order chi connectivity index (χ1) is 20.3. The van der Waals surface area contributed by atoms with Crippen molar-refractivity contribution in [1.29, 1.82) is 0 Å². The maximum atomic E-state index is 13.6. The van der Waals surface area contributed by atoms with Crippen molar-refractivity contribution in [2.24, 2.45) is 5.92 Å². The first kappa shape index (κ1) is 32.8. The number of likely N-dealkylation sites (N-methyl/N-ethyl adjacent to an activating group) is 1. The summed E-state index contributed by atoms with van der Waals surface area (Å²) < 4.78 is 6.00. The molecule has 228 valence electrons. The zero-order valence-corrected chi connectivity index (χ0v) is 25.1. The quantitative estimate of drug-likeness (QED) is 0.435. The molecule has 9 heteroatoms. The first-order valence-electron chi connectivity index (χ1n) is 14.9. The molecule has 3 unspecified atom stereocenters. The van der Waals surface area contributed by atoms with Crippen LogP contribution in [0, 0.1) is 12.8 Å².